The van der Waals surface area contributed by atoms with Crippen molar-refractivity contribution in [3.8, 4) is 0 Å². The van der Waals surface area contributed by atoms with Crippen LogP contribution in [0, 0.1) is 5.92 Å². The van der Waals surface area contributed by atoms with E-state index in [0.29, 0.717) is 10.9 Å². The van der Waals surface area contributed by atoms with Gasteiger partial charge in [-0.25, -0.2) is 0 Å². The summed E-state index contributed by atoms with van der Waals surface area (Å²) in [6.07, 6.45) is 2.71. The number of aromatic nitrogens is 2. The first-order chi connectivity index (χ1) is 7.52. The van der Waals surface area contributed by atoms with Gasteiger partial charge in [-0.15, -0.1) is 5.10 Å². The monoisotopic (exact) mass is 238 g/mol. The van der Waals surface area contributed by atoms with Gasteiger partial charge in [-0.05, 0) is 18.4 Å². The second-order valence-electron chi connectivity index (χ2n) is 4.24. The molecule has 0 saturated carbocycles. The first-order valence-electron chi connectivity index (χ1n) is 5.35. The average molecular weight is 238 g/mol. The van der Waals surface area contributed by atoms with Gasteiger partial charge in [0.1, 0.15) is 4.99 Å². The highest BCUT2D eigenvalue weighted by atomic mass is 32.1. The molecule has 0 unspecified atom stereocenters. The average Bonchev–Trinajstić information content (AvgIpc) is 2.25. The van der Waals surface area contributed by atoms with E-state index in [9.17, 15) is 0 Å². The van der Waals surface area contributed by atoms with Gasteiger partial charge in [0.2, 0.25) is 0 Å². The summed E-state index contributed by atoms with van der Waals surface area (Å²) in [5, 5.41) is 7.96. The predicted octanol–water partition coefficient (Wildman–Crippen LogP) is 1.59. The van der Waals surface area contributed by atoms with Crippen LogP contribution in [0.4, 0.5) is 5.82 Å². The van der Waals surface area contributed by atoms with Crippen molar-refractivity contribution in [1.82, 2.24) is 10.2 Å². The standard InChI is InChI=1S/C11H18N4S/c1-8(2)5-7-15(3)11-9(10(12)16)4-6-13-14-11/h4,6,8H,5,7H2,1-3H3,(H2,12,16). The Kier molecular flexibility index (Phi) is 4.61. The zero-order chi connectivity index (χ0) is 12.1. The third kappa shape index (κ3) is 3.41. The van der Waals surface area contributed by atoms with E-state index in [1.54, 1.807) is 12.3 Å². The van der Waals surface area contributed by atoms with Crippen molar-refractivity contribution in [2.75, 3.05) is 18.5 Å². The summed E-state index contributed by atoms with van der Waals surface area (Å²) in [6, 6.07) is 1.80. The molecule has 4 nitrogen and oxygen atoms in total. The van der Waals surface area contributed by atoms with Crippen LogP contribution >= 0.6 is 12.2 Å². The number of hydrogen-bond acceptors (Lipinski definition) is 4. The van der Waals surface area contributed by atoms with E-state index in [4.69, 9.17) is 18.0 Å². The lowest BCUT2D eigenvalue weighted by molar-refractivity contribution is 0.582. The van der Waals surface area contributed by atoms with Crippen LogP contribution in [-0.2, 0) is 0 Å². The number of nitrogens with zero attached hydrogens (tertiary/aromatic N) is 3. The summed E-state index contributed by atoms with van der Waals surface area (Å²) in [5.74, 6) is 1.42. The normalized spacial score (nSPS) is 10.5. The SMILES string of the molecule is CC(C)CCN(C)c1nnccc1C(N)=S. The molecule has 0 aliphatic heterocycles. The van der Waals surface area contributed by atoms with Crippen LogP contribution in [0.2, 0.25) is 0 Å². The zero-order valence-electron chi connectivity index (χ0n) is 9.97. The van der Waals surface area contributed by atoms with E-state index >= 15 is 0 Å². The molecular weight excluding hydrogens is 220 g/mol. The number of rotatable bonds is 5. The Morgan fingerprint density at radius 3 is 2.81 bits per heavy atom. The first-order valence-corrected chi connectivity index (χ1v) is 5.75. The van der Waals surface area contributed by atoms with Crippen molar-refractivity contribution in [2.24, 2.45) is 11.7 Å². The summed E-state index contributed by atoms with van der Waals surface area (Å²) in [5.41, 5.74) is 6.43. The Morgan fingerprint density at radius 1 is 1.56 bits per heavy atom. The smallest absolute Gasteiger partial charge is 0.161 e. The molecule has 1 aromatic heterocycles. The maximum atomic E-state index is 5.65. The van der Waals surface area contributed by atoms with E-state index in [-0.39, 0.29) is 0 Å². The van der Waals surface area contributed by atoms with Crippen LogP contribution in [0.25, 0.3) is 0 Å². The highest BCUT2D eigenvalue weighted by molar-refractivity contribution is 7.80. The van der Waals surface area contributed by atoms with Gasteiger partial charge in [-0.1, -0.05) is 26.1 Å². The number of thiocarbonyl (C=S) groups is 1. The van der Waals surface area contributed by atoms with Crippen LogP contribution < -0.4 is 10.6 Å². The predicted molar refractivity (Wildman–Crippen MR) is 70.6 cm³/mol. The summed E-state index contributed by atoms with van der Waals surface area (Å²) in [7, 11) is 1.98. The van der Waals surface area contributed by atoms with Crippen LogP contribution in [0.5, 0.6) is 0 Å². The molecule has 16 heavy (non-hydrogen) atoms. The Labute approximate surface area is 102 Å². The number of anilines is 1. The van der Waals surface area contributed by atoms with E-state index in [2.05, 4.69) is 24.0 Å². The molecule has 0 saturated heterocycles. The molecule has 2 N–H and O–H groups in total. The highest BCUT2D eigenvalue weighted by Crippen LogP contribution is 2.15. The van der Waals surface area contributed by atoms with Crippen molar-refractivity contribution < 1.29 is 0 Å². The third-order valence-electron chi connectivity index (χ3n) is 2.37. The largest absolute Gasteiger partial charge is 0.389 e. The van der Waals surface area contributed by atoms with Gasteiger partial charge in [0, 0.05) is 13.6 Å². The Hall–Kier alpha value is -1.23. The molecule has 1 rings (SSSR count). The topological polar surface area (TPSA) is 55.0 Å². The third-order valence-corrected chi connectivity index (χ3v) is 2.59. The van der Waals surface area contributed by atoms with Crippen molar-refractivity contribution in [1.29, 1.82) is 0 Å². The lowest BCUT2D eigenvalue weighted by Crippen LogP contribution is -2.25. The van der Waals surface area contributed by atoms with E-state index in [1.165, 1.54) is 0 Å². The lowest BCUT2D eigenvalue weighted by Gasteiger charge is -2.20. The molecule has 0 fully saturated rings. The zero-order valence-corrected chi connectivity index (χ0v) is 10.8. The highest BCUT2D eigenvalue weighted by Gasteiger charge is 2.11. The van der Waals surface area contributed by atoms with Crippen molar-refractivity contribution in [3.05, 3.63) is 17.8 Å². The molecule has 0 spiro atoms. The summed E-state index contributed by atoms with van der Waals surface area (Å²) >= 11 is 4.99. The lowest BCUT2D eigenvalue weighted by atomic mass is 10.1. The van der Waals surface area contributed by atoms with Crippen LogP contribution in [-0.4, -0.2) is 28.8 Å². The van der Waals surface area contributed by atoms with Crippen LogP contribution in [0.3, 0.4) is 0 Å². The van der Waals surface area contributed by atoms with Gasteiger partial charge >= 0.3 is 0 Å². The van der Waals surface area contributed by atoms with Gasteiger partial charge in [0.25, 0.3) is 0 Å². The summed E-state index contributed by atoms with van der Waals surface area (Å²) < 4.78 is 0. The molecule has 5 heteroatoms. The number of hydrogen-bond donors (Lipinski definition) is 1. The fourth-order valence-electron chi connectivity index (χ4n) is 1.36. The molecule has 0 atom stereocenters. The van der Waals surface area contributed by atoms with E-state index in [1.807, 2.05) is 11.9 Å². The van der Waals surface area contributed by atoms with Gasteiger partial charge in [0.15, 0.2) is 5.82 Å². The Balaban J connectivity index is 2.82. The van der Waals surface area contributed by atoms with Crippen LogP contribution in [0.15, 0.2) is 12.3 Å². The van der Waals surface area contributed by atoms with Gasteiger partial charge in [-0.2, -0.15) is 5.10 Å². The molecule has 0 bridgehead atoms. The molecule has 0 aliphatic rings. The molecule has 88 valence electrons. The molecule has 0 amide bonds. The molecule has 0 aromatic carbocycles. The van der Waals surface area contributed by atoms with Gasteiger partial charge < -0.3 is 10.6 Å². The molecule has 0 aliphatic carbocycles. The molecular formula is C11H18N4S. The second kappa shape index (κ2) is 5.75. The quantitative estimate of drug-likeness (QED) is 0.790. The van der Waals surface area contributed by atoms with E-state index < -0.39 is 0 Å². The number of nitrogens with two attached hydrogens (primary N) is 1. The molecule has 0 radical (unpaired) electrons. The maximum Gasteiger partial charge on any atom is 0.161 e. The molecule has 1 aromatic rings. The van der Waals surface area contributed by atoms with Crippen molar-refractivity contribution in [3.63, 3.8) is 0 Å². The maximum absolute atomic E-state index is 5.65. The minimum absolute atomic E-state index is 0.362. The fourth-order valence-corrected chi connectivity index (χ4v) is 1.52. The Morgan fingerprint density at radius 2 is 2.25 bits per heavy atom. The minimum Gasteiger partial charge on any atom is -0.389 e. The second-order valence-corrected chi connectivity index (χ2v) is 4.68. The molecule has 1 heterocycles. The fraction of sp³-hybridized carbons (Fsp3) is 0.545. The van der Waals surface area contributed by atoms with Crippen LogP contribution in [0.1, 0.15) is 25.8 Å². The van der Waals surface area contributed by atoms with Crippen molar-refractivity contribution >= 4 is 23.0 Å². The van der Waals surface area contributed by atoms with Gasteiger partial charge in [0.05, 0.1) is 11.8 Å². The Bertz CT molecular complexity index is 365. The minimum atomic E-state index is 0.362. The van der Waals surface area contributed by atoms with E-state index in [0.717, 1.165) is 24.3 Å². The summed E-state index contributed by atoms with van der Waals surface area (Å²) in [6.45, 7) is 5.31. The first kappa shape index (κ1) is 12.8. The summed E-state index contributed by atoms with van der Waals surface area (Å²) in [4.78, 5) is 2.41. The van der Waals surface area contributed by atoms with Crippen molar-refractivity contribution in [2.45, 2.75) is 20.3 Å². The van der Waals surface area contributed by atoms with Gasteiger partial charge in [-0.3, -0.25) is 0 Å².